The summed E-state index contributed by atoms with van der Waals surface area (Å²) in [6.07, 6.45) is 2.38. The number of carbonyl (C=O) groups is 1. The van der Waals surface area contributed by atoms with Gasteiger partial charge in [0.25, 0.3) is 0 Å². The van der Waals surface area contributed by atoms with Crippen LogP contribution in [0.4, 0.5) is 4.39 Å². The molecule has 1 aliphatic carbocycles. The maximum atomic E-state index is 13.5. The number of aromatic carboxylic acids is 1. The first-order chi connectivity index (χ1) is 8.81. The van der Waals surface area contributed by atoms with E-state index in [2.05, 4.69) is 4.72 Å². The van der Waals surface area contributed by atoms with Gasteiger partial charge in [0.2, 0.25) is 10.0 Å². The molecule has 8 heteroatoms. The molecule has 1 aromatic rings. The number of halogens is 2. The van der Waals surface area contributed by atoms with Crippen LogP contribution in [0.2, 0.25) is 5.02 Å². The molecule has 19 heavy (non-hydrogen) atoms. The maximum absolute atomic E-state index is 13.5. The van der Waals surface area contributed by atoms with Gasteiger partial charge in [0.1, 0.15) is 5.82 Å². The van der Waals surface area contributed by atoms with E-state index >= 15 is 0 Å². The zero-order valence-electron chi connectivity index (χ0n) is 9.69. The van der Waals surface area contributed by atoms with Crippen molar-refractivity contribution in [2.24, 2.45) is 0 Å². The number of carboxylic acids is 1. The van der Waals surface area contributed by atoms with Crippen molar-refractivity contribution in [3.63, 3.8) is 0 Å². The summed E-state index contributed by atoms with van der Waals surface area (Å²) < 4.78 is 39.8. The molecule has 1 aliphatic rings. The maximum Gasteiger partial charge on any atom is 0.337 e. The lowest BCUT2D eigenvalue weighted by Gasteiger charge is -2.26. The van der Waals surface area contributed by atoms with E-state index in [4.69, 9.17) is 16.7 Å². The van der Waals surface area contributed by atoms with Crippen molar-refractivity contribution in [3.8, 4) is 0 Å². The van der Waals surface area contributed by atoms with Gasteiger partial charge in [0.05, 0.1) is 15.5 Å². The van der Waals surface area contributed by atoms with Crippen LogP contribution in [0.3, 0.4) is 0 Å². The fourth-order valence-corrected chi connectivity index (χ4v) is 3.22. The Morgan fingerprint density at radius 1 is 1.42 bits per heavy atom. The van der Waals surface area contributed by atoms with Crippen molar-refractivity contribution < 1.29 is 22.7 Å². The third kappa shape index (κ3) is 2.88. The molecule has 2 rings (SSSR count). The molecule has 1 fully saturated rings. The fourth-order valence-electron chi connectivity index (χ4n) is 1.69. The van der Waals surface area contributed by atoms with Crippen molar-refractivity contribution in [3.05, 3.63) is 28.5 Å². The second kappa shape index (κ2) is 5.07. The lowest BCUT2D eigenvalue weighted by Crippen LogP contribution is -2.39. The average Bonchev–Trinajstić information content (AvgIpc) is 2.26. The van der Waals surface area contributed by atoms with E-state index < -0.39 is 37.3 Å². The molecule has 0 bridgehead atoms. The second-order valence-corrected chi connectivity index (χ2v) is 6.41. The van der Waals surface area contributed by atoms with E-state index in [9.17, 15) is 17.6 Å². The lowest BCUT2D eigenvalue weighted by atomic mass is 9.94. The summed E-state index contributed by atoms with van der Waals surface area (Å²) in [4.78, 5) is 10.4. The van der Waals surface area contributed by atoms with Crippen LogP contribution in [-0.2, 0) is 10.0 Å². The molecule has 0 aliphatic heterocycles. The van der Waals surface area contributed by atoms with E-state index in [1.54, 1.807) is 0 Å². The van der Waals surface area contributed by atoms with Gasteiger partial charge in [-0.3, -0.25) is 0 Å². The van der Waals surface area contributed by atoms with Crippen LogP contribution in [0.5, 0.6) is 0 Å². The van der Waals surface area contributed by atoms with E-state index in [0.29, 0.717) is 0 Å². The molecule has 0 radical (unpaired) electrons. The number of hydrogen-bond donors (Lipinski definition) is 2. The van der Waals surface area contributed by atoms with Crippen LogP contribution >= 0.6 is 11.6 Å². The van der Waals surface area contributed by atoms with Crippen LogP contribution in [-0.4, -0.2) is 25.5 Å². The Labute approximate surface area is 114 Å². The highest BCUT2D eigenvalue weighted by molar-refractivity contribution is 7.89. The monoisotopic (exact) mass is 307 g/mol. The molecule has 0 heterocycles. The molecule has 0 atom stereocenters. The van der Waals surface area contributed by atoms with Crippen LogP contribution in [0.25, 0.3) is 0 Å². The van der Waals surface area contributed by atoms with Gasteiger partial charge in [-0.25, -0.2) is 22.3 Å². The highest BCUT2D eigenvalue weighted by atomic mass is 35.5. The van der Waals surface area contributed by atoms with Crippen LogP contribution in [0.15, 0.2) is 17.0 Å². The van der Waals surface area contributed by atoms with Gasteiger partial charge in [-0.05, 0) is 25.0 Å². The lowest BCUT2D eigenvalue weighted by molar-refractivity contribution is 0.0696. The van der Waals surface area contributed by atoms with Gasteiger partial charge in [-0.2, -0.15) is 0 Å². The van der Waals surface area contributed by atoms with Crippen LogP contribution in [0.1, 0.15) is 29.6 Å². The van der Waals surface area contributed by atoms with E-state index in [-0.39, 0.29) is 6.04 Å². The molecule has 5 nitrogen and oxygen atoms in total. The highest BCUT2D eigenvalue weighted by Crippen LogP contribution is 2.26. The standard InChI is InChI=1S/C11H11ClFNO4S/c12-10-8(11(15)16)4-7(5-9(10)13)19(17,18)14-6-2-1-3-6/h4-6,14H,1-3H2,(H,15,16). The van der Waals surface area contributed by atoms with Gasteiger partial charge in [-0.15, -0.1) is 0 Å². The first-order valence-corrected chi connectivity index (χ1v) is 7.42. The Kier molecular flexibility index (Phi) is 3.80. The molecular weight excluding hydrogens is 297 g/mol. The van der Waals surface area contributed by atoms with Crippen molar-refractivity contribution in [1.29, 1.82) is 0 Å². The largest absolute Gasteiger partial charge is 0.478 e. The molecule has 0 amide bonds. The molecule has 0 saturated heterocycles. The summed E-state index contributed by atoms with van der Waals surface area (Å²) in [5.41, 5.74) is -0.573. The van der Waals surface area contributed by atoms with Crippen molar-refractivity contribution in [1.82, 2.24) is 4.72 Å². The topological polar surface area (TPSA) is 83.5 Å². The number of benzene rings is 1. The Morgan fingerprint density at radius 2 is 2.05 bits per heavy atom. The minimum Gasteiger partial charge on any atom is -0.478 e. The first kappa shape index (κ1) is 14.2. The fraction of sp³-hybridized carbons (Fsp3) is 0.364. The molecule has 2 N–H and O–H groups in total. The number of hydrogen-bond acceptors (Lipinski definition) is 3. The van der Waals surface area contributed by atoms with Crippen LogP contribution < -0.4 is 4.72 Å². The van der Waals surface area contributed by atoms with Gasteiger partial charge in [-0.1, -0.05) is 18.0 Å². The van der Waals surface area contributed by atoms with Crippen molar-refractivity contribution in [2.45, 2.75) is 30.2 Å². The smallest absolute Gasteiger partial charge is 0.337 e. The van der Waals surface area contributed by atoms with E-state index in [1.807, 2.05) is 0 Å². The number of rotatable bonds is 4. The predicted molar refractivity (Wildman–Crippen MR) is 66.3 cm³/mol. The second-order valence-electron chi connectivity index (χ2n) is 4.32. The summed E-state index contributed by atoms with van der Waals surface area (Å²) >= 11 is 5.48. The molecule has 104 valence electrons. The van der Waals surface area contributed by atoms with E-state index in [1.165, 1.54) is 0 Å². The van der Waals surface area contributed by atoms with E-state index in [0.717, 1.165) is 31.4 Å². The summed E-state index contributed by atoms with van der Waals surface area (Å²) in [7, 11) is -3.93. The molecule has 0 spiro atoms. The van der Waals surface area contributed by atoms with Crippen molar-refractivity contribution >= 4 is 27.6 Å². The summed E-state index contributed by atoms with van der Waals surface area (Å²) in [6, 6.07) is 1.40. The number of carboxylic acid groups (broad SMARTS) is 1. The van der Waals surface area contributed by atoms with Crippen LogP contribution in [0, 0.1) is 5.82 Å². The van der Waals surface area contributed by atoms with Crippen molar-refractivity contribution in [2.75, 3.05) is 0 Å². The summed E-state index contributed by atoms with van der Waals surface area (Å²) in [5.74, 6) is -2.56. The summed E-state index contributed by atoms with van der Waals surface area (Å²) in [5, 5.41) is 8.25. The molecule has 0 aromatic heterocycles. The normalized spacial score (nSPS) is 16.1. The average molecular weight is 308 g/mol. The number of sulfonamides is 1. The Morgan fingerprint density at radius 3 is 2.53 bits per heavy atom. The Hall–Kier alpha value is -1.18. The molecule has 0 unspecified atom stereocenters. The predicted octanol–water partition coefficient (Wildman–Crippen LogP) is 2.01. The third-order valence-corrected chi connectivity index (χ3v) is 4.85. The number of nitrogens with one attached hydrogen (secondary N) is 1. The minimum atomic E-state index is -3.93. The molecule has 1 saturated carbocycles. The first-order valence-electron chi connectivity index (χ1n) is 5.56. The molecule has 1 aromatic carbocycles. The SMILES string of the molecule is O=C(O)c1cc(S(=O)(=O)NC2CCC2)cc(F)c1Cl. The minimum absolute atomic E-state index is 0.169. The van der Waals surface area contributed by atoms with Gasteiger partial charge < -0.3 is 5.11 Å². The van der Waals surface area contributed by atoms with Gasteiger partial charge in [0, 0.05) is 6.04 Å². The highest BCUT2D eigenvalue weighted by Gasteiger charge is 2.27. The Bertz CT molecular complexity index is 628. The zero-order chi connectivity index (χ0) is 14.2. The summed E-state index contributed by atoms with van der Waals surface area (Å²) in [6.45, 7) is 0. The van der Waals surface area contributed by atoms with Gasteiger partial charge >= 0.3 is 5.97 Å². The zero-order valence-corrected chi connectivity index (χ0v) is 11.3. The quantitative estimate of drug-likeness (QED) is 0.891. The Balaban J connectivity index is 2.41. The molecular formula is C11H11ClFNO4S. The third-order valence-electron chi connectivity index (χ3n) is 2.97. The van der Waals surface area contributed by atoms with Gasteiger partial charge in [0.15, 0.2) is 0 Å².